The molecule has 0 aromatic carbocycles. The van der Waals surface area contributed by atoms with Gasteiger partial charge >= 0.3 is 0 Å². The predicted octanol–water partition coefficient (Wildman–Crippen LogP) is 0.0777. The summed E-state index contributed by atoms with van der Waals surface area (Å²) < 4.78 is 26.1. The van der Waals surface area contributed by atoms with Crippen molar-refractivity contribution in [2.75, 3.05) is 19.6 Å². The molecule has 96 valence electrons. The van der Waals surface area contributed by atoms with Gasteiger partial charge in [-0.1, -0.05) is 0 Å². The van der Waals surface area contributed by atoms with Gasteiger partial charge < -0.3 is 10.3 Å². The molecule has 1 unspecified atom stereocenters. The van der Waals surface area contributed by atoms with Crippen LogP contribution in [-0.2, 0) is 10.0 Å². The summed E-state index contributed by atoms with van der Waals surface area (Å²) in [5.74, 6) is 0.577. The topological polar surface area (TPSA) is 86.9 Å². The van der Waals surface area contributed by atoms with Gasteiger partial charge in [-0.2, -0.15) is 0 Å². The Kier molecular flexibility index (Phi) is 4.14. The highest BCUT2D eigenvalue weighted by atomic mass is 32.2. The molecular formula is C10H18N4O2S. The number of sulfonamides is 1. The highest BCUT2D eigenvalue weighted by molar-refractivity contribution is 7.89. The number of imidazole rings is 1. The molecule has 0 saturated carbocycles. The molecule has 0 spiro atoms. The van der Waals surface area contributed by atoms with Crippen LogP contribution < -0.4 is 10.0 Å². The predicted molar refractivity (Wildman–Crippen MR) is 64.0 cm³/mol. The van der Waals surface area contributed by atoms with Crippen LogP contribution in [0.3, 0.4) is 0 Å². The standard InChI is InChI=1S/C10H18N4O2S/c15-17(16,10-7-12-8-13-10)14-5-3-9-2-1-4-11-6-9/h7-9,11,14H,1-6H2,(H,12,13). The molecule has 1 fully saturated rings. The average molecular weight is 258 g/mol. The molecule has 1 aromatic heterocycles. The molecule has 1 saturated heterocycles. The molecule has 6 nitrogen and oxygen atoms in total. The van der Waals surface area contributed by atoms with Gasteiger partial charge in [0.15, 0.2) is 5.03 Å². The van der Waals surface area contributed by atoms with Crippen molar-refractivity contribution >= 4 is 10.0 Å². The summed E-state index contributed by atoms with van der Waals surface area (Å²) in [6, 6.07) is 0. The Labute approximate surface area is 101 Å². The van der Waals surface area contributed by atoms with Crippen LogP contribution in [0, 0.1) is 5.92 Å². The lowest BCUT2D eigenvalue weighted by Gasteiger charge is -2.22. The summed E-state index contributed by atoms with van der Waals surface area (Å²) in [5.41, 5.74) is 0. The molecule has 0 radical (unpaired) electrons. The smallest absolute Gasteiger partial charge is 0.257 e. The quantitative estimate of drug-likeness (QED) is 0.698. The van der Waals surface area contributed by atoms with Crippen LogP contribution in [0.5, 0.6) is 0 Å². The first-order chi connectivity index (χ1) is 8.18. The Morgan fingerprint density at radius 1 is 1.53 bits per heavy atom. The zero-order chi connectivity index (χ0) is 12.1. The molecule has 0 bridgehead atoms. The molecule has 1 aliphatic rings. The largest absolute Gasteiger partial charge is 0.335 e. The summed E-state index contributed by atoms with van der Waals surface area (Å²) in [5, 5.41) is 3.44. The van der Waals surface area contributed by atoms with E-state index in [1.807, 2.05) is 0 Å². The average Bonchev–Trinajstić information content (AvgIpc) is 2.84. The molecule has 17 heavy (non-hydrogen) atoms. The van der Waals surface area contributed by atoms with Crippen LogP contribution in [-0.4, -0.2) is 38.0 Å². The molecule has 2 heterocycles. The van der Waals surface area contributed by atoms with Crippen molar-refractivity contribution in [1.29, 1.82) is 0 Å². The van der Waals surface area contributed by atoms with E-state index in [0.717, 1.165) is 19.5 Å². The third-order valence-corrected chi connectivity index (χ3v) is 4.39. The normalized spacial score (nSPS) is 21.5. The summed E-state index contributed by atoms with van der Waals surface area (Å²) in [4.78, 5) is 6.29. The lowest BCUT2D eigenvalue weighted by atomic mass is 9.96. The van der Waals surface area contributed by atoms with Gasteiger partial charge in [-0.3, -0.25) is 0 Å². The van der Waals surface area contributed by atoms with E-state index in [1.54, 1.807) is 0 Å². The SMILES string of the molecule is O=S(=O)(NCCC1CCCNC1)c1cnc[nH]1. The minimum absolute atomic E-state index is 0.124. The van der Waals surface area contributed by atoms with Gasteiger partial charge in [0.2, 0.25) is 0 Å². The van der Waals surface area contributed by atoms with E-state index < -0.39 is 10.0 Å². The van der Waals surface area contributed by atoms with Gasteiger partial charge in [0.05, 0.1) is 12.5 Å². The fraction of sp³-hybridized carbons (Fsp3) is 0.700. The van der Waals surface area contributed by atoms with Crippen molar-refractivity contribution in [2.24, 2.45) is 5.92 Å². The number of aromatic amines is 1. The number of nitrogens with zero attached hydrogens (tertiary/aromatic N) is 1. The molecular weight excluding hydrogens is 240 g/mol. The fourth-order valence-electron chi connectivity index (χ4n) is 2.04. The number of H-pyrrole nitrogens is 1. The molecule has 2 rings (SSSR count). The van der Waals surface area contributed by atoms with Gasteiger partial charge in [-0.05, 0) is 38.3 Å². The van der Waals surface area contributed by atoms with Gasteiger partial charge in [-0.15, -0.1) is 0 Å². The van der Waals surface area contributed by atoms with Crippen molar-refractivity contribution in [1.82, 2.24) is 20.0 Å². The van der Waals surface area contributed by atoms with E-state index in [1.165, 1.54) is 25.4 Å². The van der Waals surface area contributed by atoms with E-state index in [-0.39, 0.29) is 5.03 Å². The zero-order valence-corrected chi connectivity index (χ0v) is 10.5. The molecule has 1 atom stereocenters. The number of rotatable bonds is 5. The molecule has 0 aliphatic carbocycles. The maximum absolute atomic E-state index is 11.7. The van der Waals surface area contributed by atoms with Crippen molar-refractivity contribution in [3.05, 3.63) is 12.5 Å². The van der Waals surface area contributed by atoms with E-state index in [4.69, 9.17) is 0 Å². The molecule has 3 N–H and O–H groups in total. The van der Waals surface area contributed by atoms with Crippen LogP contribution >= 0.6 is 0 Å². The number of aromatic nitrogens is 2. The summed E-state index contributed by atoms with van der Waals surface area (Å²) in [6.07, 6.45) is 5.90. The number of nitrogens with one attached hydrogen (secondary N) is 3. The minimum Gasteiger partial charge on any atom is -0.335 e. The molecule has 7 heteroatoms. The first-order valence-corrected chi connectivity index (χ1v) is 7.35. The minimum atomic E-state index is -3.41. The fourth-order valence-corrected chi connectivity index (χ4v) is 2.99. The first kappa shape index (κ1) is 12.5. The van der Waals surface area contributed by atoms with Crippen LogP contribution in [0.2, 0.25) is 0 Å². The van der Waals surface area contributed by atoms with Gasteiger partial charge in [0.25, 0.3) is 10.0 Å². The highest BCUT2D eigenvalue weighted by Gasteiger charge is 2.17. The van der Waals surface area contributed by atoms with Gasteiger partial charge in [-0.25, -0.2) is 18.1 Å². The highest BCUT2D eigenvalue weighted by Crippen LogP contribution is 2.13. The van der Waals surface area contributed by atoms with E-state index in [9.17, 15) is 8.42 Å². The third-order valence-electron chi connectivity index (χ3n) is 3.01. The summed E-state index contributed by atoms with van der Waals surface area (Å²) >= 11 is 0. The van der Waals surface area contributed by atoms with E-state index in [0.29, 0.717) is 12.5 Å². The second-order valence-electron chi connectivity index (χ2n) is 4.31. The Hall–Kier alpha value is -0.920. The van der Waals surface area contributed by atoms with Crippen LogP contribution in [0.4, 0.5) is 0 Å². The Morgan fingerprint density at radius 2 is 2.41 bits per heavy atom. The summed E-state index contributed by atoms with van der Waals surface area (Å²) in [7, 11) is -3.41. The summed E-state index contributed by atoms with van der Waals surface area (Å²) in [6.45, 7) is 2.55. The monoisotopic (exact) mass is 258 g/mol. The second-order valence-corrected chi connectivity index (χ2v) is 6.05. The maximum atomic E-state index is 11.7. The number of hydrogen-bond donors (Lipinski definition) is 3. The van der Waals surface area contributed by atoms with Crippen molar-refractivity contribution < 1.29 is 8.42 Å². The van der Waals surface area contributed by atoms with Crippen LogP contribution in [0.15, 0.2) is 17.6 Å². The van der Waals surface area contributed by atoms with Crippen LogP contribution in [0.25, 0.3) is 0 Å². The number of piperidine rings is 1. The molecule has 1 aromatic rings. The van der Waals surface area contributed by atoms with E-state index in [2.05, 4.69) is 20.0 Å². The van der Waals surface area contributed by atoms with E-state index >= 15 is 0 Å². The molecule has 0 amide bonds. The first-order valence-electron chi connectivity index (χ1n) is 5.87. The molecule has 1 aliphatic heterocycles. The van der Waals surface area contributed by atoms with Crippen LogP contribution in [0.1, 0.15) is 19.3 Å². The maximum Gasteiger partial charge on any atom is 0.257 e. The number of hydrogen-bond acceptors (Lipinski definition) is 4. The second kappa shape index (κ2) is 5.61. The Balaban J connectivity index is 1.78. The van der Waals surface area contributed by atoms with Gasteiger partial charge in [0.1, 0.15) is 0 Å². The zero-order valence-electron chi connectivity index (χ0n) is 9.65. The third kappa shape index (κ3) is 3.52. The Bertz CT molecular complexity index is 423. The van der Waals surface area contributed by atoms with Crippen molar-refractivity contribution in [2.45, 2.75) is 24.3 Å². The van der Waals surface area contributed by atoms with Crippen molar-refractivity contribution in [3.8, 4) is 0 Å². The van der Waals surface area contributed by atoms with Gasteiger partial charge in [0, 0.05) is 6.54 Å². The lowest BCUT2D eigenvalue weighted by molar-refractivity contribution is 0.358. The lowest BCUT2D eigenvalue weighted by Crippen LogP contribution is -2.33. The van der Waals surface area contributed by atoms with Crippen molar-refractivity contribution in [3.63, 3.8) is 0 Å². The Morgan fingerprint density at radius 3 is 3.06 bits per heavy atom.